The normalized spacial score (nSPS) is 17.0. The summed E-state index contributed by atoms with van der Waals surface area (Å²) >= 11 is 5.88. The van der Waals surface area contributed by atoms with Gasteiger partial charge in [0.25, 0.3) is 0 Å². The van der Waals surface area contributed by atoms with Crippen molar-refractivity contribution in [2.24, 2.45) is 5.92 Å². The zero-order valence-electron chi connectivity index (χ0n) is 10.0. The third kappa shape index (κ3) is 2.21. The SMILES string of the molecule is O=C(O)C1CCN(c2nc(Cl)nc3nc[nH]c23)CC1. The minimum absolute atomic E-state index is 0.148. The molecule has 1 fully saturated rings. The average Bonchev–Trinajstić information content (AvgIpc) is 2.85. The van der Waals surface area contributed by atoms with E-state index >= 15 is 0 Å². The molecule has 8 heteroatoms. The molecule has 0 atom stereocenters. The molecule has 1 saturated heterocycles. The second-order valence-electron chi connectivity index (χ2n) is 4.52. The maximum atomic E-state index is 10.9. The van der Waals surface area contributed by atoms with E-state index in [4.69, 9.17) is 16.7 Å². The molecule has 0 amide bonds. The van der Waals surface area contributed by atoms with Crippen LogP contribution in [0.25, 0.3) is 11.2 Å². The summed E-state index contributed by atoms with van der Waals surface area (Å²) in [7, 11) is 0. The maximum Gasteiger partial charge on any atom is 0.306 e. The quantitative estimate of drug-likeness (QED) is 0.806. The lowest BCUT2D eigenvalue weighted by Crippen LogP contribution is -2.37. The lowest BCUT2D eigenvalue weighted by atomic mass is 9.97. The van der Waals surface area contributed by atoms with Crippen LogP contribution < -0.4 is 4.90 Å². The summed E-state index contributed by atoms with van der Waals surface area (Å²) in [5, 5.41) is 9.14. The van der Waals surface area contributed by atoms with Gasteiger partial charge in [-0.25, -0.2) is 4.98 Å². The maximum absolute atomic E-state index is 10.9. The lowest BCUT2D eigenvalue weighted by molar-refractivity contribution is -0.142. The number of hydrogen-bond acceptors (Lipinski definition) is 5. The first-order valence-electron chi connectivity index (χ1n) is 5.99. The van der Waals surface area contributed by atoms with Crippen molar-refractivity contribution >= 4 is 34.6 Å². The van der Waals surface area contributed by atoms with E-state index in [1.54, 1.807) is 6.33 Å². The number of aliphatic carboxylic acids is 1. The highest BCUT2D eigenvalue weighted by Crippen LogP contribution is 2.27. The molecule has 0 bridgehead atoms. The van der Waals surface area contributed by atoms with E-state index in [1.807, 2.05) is 4.90 Å². The number of carboxylic acid groups (broad SMARTS) is 1. The number of aromatic amines is 1. The van der Waals surface area contributed by atoms with Crippen LogP contribution in [-0.4, -0.2) is 44.1 Å². The van der Waals surface area contributed by atoms with Gasteiger partial charge in [0, 0.05) is 13.1 Å². The molecule has 0 aliphatic carbocycles. The molecule has 2 aromatic heterocycles. The van der Waals surface area contributed by atoms with Gasteiger partial charge in [0.15, 0.2) is 11.5 Å². The Morgan fingerprint density at radius 2 is 2.16 bits per heavy atom. The van der Waals surface area contributed by atoms with E-state index in [9.17, 15) is 4.79 Å². The van der Waals surface area contributed by atoms with Crippen LogP contribution in [0.3, 0.4) is 0 Å². The first-order valence-corrected chi connectivity index (χ1v) is 6.37. The van der Waals surface area contributed by atoms with Gasteiger partial charge < -0.3 is 15.0 Å². The minimum Gasteiger partial charge on any atom is -0.481 e. The summed E-state index contributed by atoms with van der Waals surface area (Å²) in [4.78, 5) is 28.3. The second-order valence-corrected chi connectivity index (χ2v) is 4.86. The first-order chi connectivity index (χ1) is 9.15. The molecule has 100 valence electrons. The number of imidazole rings is 1. The number of anilines is 1. The van der Waals surface area contributed by atoms with E-state index in [1.165, 1.54) is 0 Å². The van der Waals surface area contributed by atoms with Crippen LogP contribution in [0.15, 0.2) is 6.33 Å². The molecule has 1 aliphatic rings. The fourth-order valence-electron chi connectivity index (χ4n) is 2.36. The fraction of sp³-hybridized carbons (Fsp3) is 0.455. The topological polar surface area (TPSA) is 95.0 Å². The Hall–Kier alpha value is -1.89. The van der Waals surface area contributed by atoms with E-state index in [0.29, 0.717) is 37.4 Å². The summed E-state index contributed by atoms with van der Waals surface area (Å²) in [6, 6.07) is 0. The van der Waals surface area contributed by atoms with Gasteiger partial charge in [-0.1, -0.05) is 0 Å². The standard InChI is InChI=1S/C11H12ClN5O2/c12-11-15-8-7(13-5-14-8)9(16-11)17-3-1-6(2-4-17)10(18)19/h5-6H,1-4H2,(H,18,19)(H,13,14,15,16). The Balaban J connectivity index is 1.89. The second kappa shape index (κ2) is 4.65. The van der Waals surface area contributed by atoms with Gasteiger partial charge in [0.2, 0.25) is 5.28 Å². The molecule has 0 unspecified atom stereocenters. The highest BCUT2D eigenvalue weighted by Gasteiger charge is 2.26. The number of nitrogens with one attached hydrogen (secondary N) is 1. The zero-order valence-corrected chi connectivity index (χ0v) is 10.8. The molecule has 7 nitrogen and oxygen atoms in total. The molecule has 2 aromatic rings. The number of carboxylic acids is 1. The van der Waals surface area contributed by atoms with Crippen LogP contribution >= 0.6 is 11.6 Å². The van der Waals surface area contributed by atoms with Crippen LogP contribution in [-0.2, 0) is 4.79 Å². The van der Waals surface area contributed by atoms with E-state index in [2.05, 4.69) is 19.9 Å². The van der Waals surface area contributed by atoms with Gasteiger partial charge in [0.05, 0.1) is 12.2 Å². The van der Waals surface area contributed by atoms with Gasteiger partial charge in [-0.3, -0.25) is 4.79 Å². The summed E-state index contributed by atoms with van der Waals surface area (Å²) < 4.78 is 0. The summed E-state index contributed by atoms with van der Waals surface area (Å²) in [6.07, 6.45) is 2.75. The van der Waals surface area contributed by atoms with Crippen LogP contribution in [0.5, 0.6) is 0 Å². The van der Waals surface area contributed by atoms with Gasteiger partial charge in [-0.05, 0) is 24.4 Å². The molecule has 1 aliphatic heterocycles. The fourth-order valence-corrected chi connectivity index (χ4v) is 2.52. The third-order valence-electron chi connectivity index (χ3n) is 3.38. The molecule has 0 spiro atoms. The van der Waals surface area contributed by atoms with Crippen molar-refractivity contribution in [3.05, 3.63) is 11.6 Å². The molecular weight excluding hydrogens is 270 g/mol. The number of piperidine rings is 1. The van der Waals surface area contributed by atoms with Crippen molar-refractivity contribution in [1.29, 1.82) is 0 Å². The van der Waals surface area contributed by atoms with Gasteiger partial charge in [-0.15, -0.1) is 0 Å². The molecule has 0 radical (unpaired) electrons. The van der Waals surface area contributed by atoms with Crippen LogP contribution in [0.4, 0.5) is 5.82 Å². The number of nitrogens with zero attached hydrogens (tertiary/aromatic N) is 4. The van der Waals surface area contributed by atoms with Crippen molar-refractivity contribution in [3.8, 4) is 0 Å². The van der Waals surface area contributed by atoms with Crippen molar-refractivity contribution in [3.63, 3.8) is 0 Å². The largest absolute Gasteiger partial charge is 0.481 e. The molecule has 3 heterocycles. The van der Waals surface area contributed by atoms with Gasteiger partial charge in [0.1, 0.15) is 5.52 Å². The summed E-state index contributed by atoms with van der Waals surface area (Å²) in [6.45, 7) is 1.27. The molecule has 0 saturated carbocycles. The van der Waals surface area contributed by atoms with Crippen LogP contribution in [0.2, 0.25) is 5.28 Å². The van der Waals surface area contributed by atoms with Crippen molar-refractivity contribution in [2.75, 3.05) is 18.0 Å². The lowest BCUT2D eigenvalue weighted by Gasteiger charge is -2.31. The predicted octanol–water partition coefficient (Wildman–Crippen LogP) is 1.31. The van der Waals surface area contributed by atoms with Gasteiger partial charge in [-0.2, -0.15) is 9.97 Å². The highest BCUT2D eigenvalue weighted by atomic mass is 35.5. The number of fused-ring (bicyclic) bond motifs is 1. The number of hydrogen-bond donors (Lipinski definition) is 2. The van der Waals surface area contributed by atoms with Gasteiger partial charge >= 0.3 is 5.97 Å². The Morgan fingerprint density at radius 3 is 2.84 bits per heavy atom. The Labute approximate surface area is 113 Å². The van der Waals surface area contributed by atoms with Crippen LogP contribution in [0, 0.1) is 5.92 Å². The number of rotatable bonds is 2. The number of H-pyrrole nitrogens is 1. The first kappa shape index (κ1) is 12.2. The molecule has 19 heavy (non-hydrogen) atoms. The Bertz CT molecular complexity index is 621. The summed E-state index contributed by atoms with van der Waals surface area (Å²) in [5.74, 6) is -0.311. The smallest absolute Gasteiger partial charge is 0.306 e. The van der Waals surface area contributed by atoms with E-state index in [0.717, 1.165) is 5.52 Å². The van der Waals surface area contributed by atoms with Crippen molar-refractivity contribution in [2.45, 2.75) is 12.8 Å². The minimum atomic E-state index is -0.730. The summed E-state index contributed by atoms with van der Waals surface area (Å²) in [5.41, 5.74) is 1.26. The Morgan fingerprint density at radius 1 is 1.42 bits per heavy atom. The highest BCUT2D eigenvalue weighted by molar-refractivity contribution is 6.28. The van der Waals surface area contributed by atoms with Crippen molar-refractivity contribution < 1.29 is 9.90 Å². The third-order valence-corrected chi connectivity index (χ3v) is 3.55. The monoisotopic (exact) mass is 281 g/mol. The van der Waals surface area contributed by atoms with E-state index in [-0.39, 0.29) is 11.2 Å². The molecular formula is C11H12ClN5O2. The number of carbonyl (C=O) groups is 1. The van der Waals surface area contributed by atoms with Crippen molar-refractivity contribution in [1.82, 2.24) is 19.9 Å². The number of aromatic nitrogens is 4. The molecule has 0 aromatic carbocycles. The zero-order chi connectivity index (χ0) is 13.4. The van der Waals surface area contributed by atoms with E-state index < -0.39 is 5.97 Å². The predicted molar refractivity (Wildman–Crippen MR) is 69.3 cm³/mol. The molecule has 2 N–H and O–H groups in total. The molecule has 3 rings (SSSR count). The average molecular weight is 282 g/mol. The Kier molecular flexibility index (Phi) is 2.98. The van der Waals surface area contributed by atoms with Crippen LogP contribution in [0.1, 0.15) is 12.8 Å². The number of halogens is 1.